The van der Waals surface area contributed by atoms with Crippen molar-refractivity contribution < 1.29 is 14.0 Å². The van der Waals surface area contributed by atoms with E-state index in [4.69, 9.17) is 11.6 Å². The van der Waals surface area contributed by atoms with Crippen LogP contribution in [0.2, 0.25) is 5.02 Å². The Balaban J connectivity index is 1.59. The van der Waals surface area contributed by atoms with E-state index in [0.29, 0.717) is 23.5 Å². The molecule has 3 N–H and O–H groups in total. The lowest BCUT2D eigenvalue weighted by Gasteiger charge is -2.13. The number of amides is 2. The van der Waals surface area contributed by atoms with Crippen molar-refractivity contribution in [2.45, 2.75) is 6.54 Å². The molecule has 0 heterocycles. The lowest BCUT2D eigenvalue weighted by molar-refractivity contribution is -0.114. The van der Waals surface area contributed by atoms with E-state index >= 15 is 0 Å². The summed E-state index contributed by atoms with van der Waals surface area (Å²) in [7, 11) is 0. The quantitative estimate of drug-likeness (QED) is 0.537. The molecular weight excluding hydrogens is 393 g/mol. The van der Waals surface area contributed by atoms with E-state index in [1.165, 1.54) is 12.1 Å². The minimum Gasteiger partial charge on any atom is -0.376 e. The van der Waals surface area contributed by atoms with Crippen LogP contribution in [0, 0.1) is 5.82 Å². The number of anilines is 2. The zero-order valence-electron chi connectivity index (χ0n) is 15.4. The number of benzene rings is 3. The van der Waals surface area contributed by atoms with Crippen LogP contribution in [-0.2, 0) is 11.3 Å². The first-order valence-electron chi connectivity index (χ1n) is 8.93. The summed E-state index contributed by atoms with van der Waals surface area (Å²) in [5.74, 6) is -1.11. The maximum absolute atomic E-state index is 13.1. The molecule has 148 valence electrons. The molecule has 0 radical (unpaired) electrons. The molecular formula is C22H19ClFN3O2. The summed E-state index contributed by atoms with van der Waals surface area (Å²) >= 11 is 5.91. The van der Waals surface area contributed by atoms with Crippen LogP contribution < -0.4 is 16.0 Å². The fraction of sp³-hybridized carbons (Fsp3) is 0.0909. The standard InChI is InChI=1S/C22H19ClFN3O2/c23-18-12-16(24)10-11-20(18)27-21(28)14-25-19-9-5-4-8-17(19)22(29)26-13-15-6-2-1-3-7-15/h1-12,25H,13-14H2,(H,26,29)(H,27,28). The van der Waals surface area contributed by atoms with Crippen molar-refractivity contribution in [3.05, 3.63) is 94.8 Å². The summed E-state index contributed by atoms with van der Waals surface area (Å²) in [5.41, 5.74) is 2.25. The summed E-state index contributed by atoms with van der Waals surface area (Å²) in [4.78, 5) is 24.7. The van der Waals surface area contributed by atoms with Gasteiger partial charge in [0.15, 0.2) is 0 Å². The van der Waals surface area contributed by atoms with Crippen molar-refractivity contribution in [2.75, 3.05) is 17.2 Å². The van der Waals surface area contributed by atoms with Crippen molar-refractivity contribution in [3.8, 4) is 0 Å². The van der Waals surface area contributed by atoms with Crippen LogP contribution in [0.4, 0.5) is 15.8 Å². The number of halogens is 2. The van der Waals surface area contributed by atoms with E-state index in [0.717, 1.165) is 11.6 Å². The van der Waals surface area contributed by atoms with Gasteiger partial charge < -0.3 is 16.0 Å². The Morgan fingerprint density at radius 2 is 1.62 bits per heavy atom. The van der Waals surface area contributed by atoms with Crippen LogP contribution in [0.3, 0.4) is 0 Å². The number of carbonyl (C=O) groups is 2. The summed E-state index contributed by atoms with van der Waals surface area (Å²) in [6, 6.07) is 20.2. The fourth-order valence-corrected chi connectivity index (χ4v) is 2.88. The SMILES string of the molecule is O=C(CNc1ccccc1C(=O)NCc1ccccc1)Nc1ccc(F)cc1Cl. The smallest absolute Gasteiger partial charge is 0.253 e. The molecule has 0 atom stereocenters. The maximum atomic E-state index is 13.1. The van der Waals surface area contributed by atoms with Crippen molar-refractivity contribution in [2.24, 2.45) is 0 Å². The van der Waals surface area contributed by atoms with Gasteiger partial charge in [0.1, 0.15) is 5.82 Å². The van der Waals surface area contributed by atoms with Gasteiger partial charge in [-0.15, -0.1) is 0 Å². The Bertz CT molecular complexity index is 1010. The highest BCUT2D eigenvalue weighted by atomic mass is 35.5. The molecule has 0 saturated carbocycles. The van der Waals surface area contributed by atoms with E-state index in [1.54, 1.807) is 24.3 Å². The molecule has 3 aromatic rings. The predicted octanol–water partition coefficient (Wildman–Crippen LogP) is 4.46. The van der Waals surface area contributed by atoms with Crippen molar-refractivity contribution >= 4 is 34.8 Å². The first-order chi connectivity index (χ1) is 14.0. The molecule has 2 amide bonds. The van der Waals surface area contributed by atoms with Gasteiger partial charge in [-0.25, -0.2) is 4.39 Å². The second-order valence-corrected chi connectivity index (χ2v) is 6.65. The zero-order chi connectivity index (χ0) is 20.6. The third-order valence-electron chi connectivity index (χ3n) is 4.11. The van der Waals surface area contributed by atoms with Gasteiger partial charge in [0.25, 0.3) is 5.91 Å². The Labute approximate surface area is 172 Å². The number of hydrogen-bond donors (Lipinski definition) is 3. The minimum atomic E-state index is -0.485. The maximum Gasteiger partial charge on any atom is 0.253 e. The summed E-state index contributed by atoms with van der Waals surface area (Å²) in [6.45, 7) is 0.314. The van der Waals surface area contributed by atoms with Crippen LogP contribution in [0.15, 0.2) is 72.8 Å². The lowest BCUT2D eigenvalue weighted by Crippen LogP contribution is -2.26. The van der Waals surface area contributed by atoms with E-state index in [9.17, 15) is 14.0 Å². The highest BCUT2D eigenvalue weighted by Crippen LogP contribution is 2.22. The number of para-hydroxylation sites is 1. The monoisotopic (exact) mass is 411 g/mol. The number of hydrogen-bond acceptors (Lipinski definition) is 3. The van der Waals surface area contributed by atoms with Gasteiger partial charge in [-0.3, -0.25) is 9.59 Å². The van der Waals surface area contributed by atoms with Crippen LogP contribution in [0.25, 0.3) is 0 Å². The van der Waals surface area contributed by atoms with Gasteiger partial charge in [0.2, 0.25) is 5.91 Å². The molecule has 0 bridgehead atoms. The van der Waals surface area contributed by atoms with Gasteiger partial charge >= 0.3 is 0 Å². The van der Waals surface area contributed by atoms with Gasteiger partial charge in [0.05, 0.1) is 22.8 Å². The molecule has 29 heavy (non-hydrogen) atoms. The van der Waals surface area contributed by atoms with Crippen molar-refractivity contribution in [1.82, 2.24) is 5.32 Å². The number of rotatable bonds is 7. The van der Waals surface area contributed by atoms with Crippen LogP contribution >= 0.6 is 11.6 Å². The highest BCUT2D eigenvalue weighted by Gasteiger charge is 2.12. The van der Waals surface area contributed by atoms with E-state index in [1.807, 2.05) is 30.3 Å². The molecule has 0 saturated heterocycles. The normalized spacial score (nSPS) is 10.3. The molecule has 7 heteroatoms. The van der Waals surface area contributed by atoms with E-state index in [2.05, 4.69) is 16.0 Å². The van der Waals surface area contributed by atoms with Gasteiger partial charge in [-0.1, -0.05) is 54.1 Å². The van der Waals surface area contributed by atoms with Crippen LogP contribution in [-0.4, -0.2) is 18.4 Å². The molecule has 0 unspecified atom stereocenters. The molecule has 0 aliphatic rings. The minimum absolute atomic E-state index is 0.0866. The Morgan fingerprint density at radius 3 is 2.38 bits per heavy atom. The summed E-state index contributed by atoms with van der Waals surface area (Å²) in [5, 5.41) is 8.53. The summed E-state index contributed by atoms with van der Waals surface area (Å²) < 4.78 is 13.1. The van der Waals surface area contributed by atoms with Crippen molar-refractivity contribution in [3.63, 3.8) is 0 Å². The second kappa shape index (κ2) is 9.71. The Morgan fingerprint density at radius 1 is 0.897 bits per heavy atom. The largest absolute Gasteiger partial charge is 0.376 e. The van der Waals surface area contributed by atoms with Gasteiger partial charge in [-0.05, 0) is 35.9 Å². The van der Waals surface area contributed by atoms with Crippen molar-refractivity contribution in [1.29, 1.82) is 0 Å². The first-order valence-corrected chi connectivity index (χ1v) is 9.30. The zero-order valence-corrected chi connectivity index (χ0v) is 16.2. The lowest BCUT2D eigenvalue weighted by atomic mass is 10.1. The third kappa shape index (κ3) is 5.80. The Kier molecular flexibility index (Phi) is 6.81. The molecule has 0 aromatic heterocycles. The summed E-state index contributed by atoms with van der Waals surface area (Å²) in [6.07, 6.45) is 0. The topological polar surface area (TPSA) is 70.2 Å². The Hall–Kier alpha value is -3.38. The number of carbonyl (C=O) groups excluding carboxylic acids is 2. The van der Waals surface area contributed by atoms with Crippen LogP contribution in [0.1, 0.15) is 15.9 Å². The first kappa shape index (κ1) is 20.4. The molecule has 3 rings (SSSR count). The molecule has 0 spiro atoms. The molecule has 0 aliphatic heterocycles. The molecule has 0 aliphatic carbocycles. The van der Waals surface area contributed by atoms with Gasteiger partial charge in [-0.2, -0.15) is 0 Å². The third-order valence-corrected chi connectivity index (χ3v) is 4.42. The van der Waals surface area contributed by atoms with E-state index in [-0.39, 0.29) is 23.4 Å². The van der Waals surface area contributed by atoms with Crippen LogP contribution in [0.5, 0.6) is 0 Å². The predicted molar refractivity (Wildman–Crippen MR) is 113 cm³/mol. The second-order valence-electron chi connectivity index (χ2n) is 6.24. The number of nitrogens with one attached hydrogen (secondary N) is 3. The van der Waals surface area contributed by atoms with E-state index < -0.39 is 5.82 Å². The average Bonchev–Trinajstić information content (AvgIpc) is 2.73. The highest BCUT2D eigenvalue weighted by molar-refractivity contribution is 6.33. The molecule has 0 fully saturated rings. The van der Waals surface area contributed by atoms with Gasteiger partial charge in [0, 0.05) is 12.2 Å². The molecule has 3 aromatic carbocycles. The average molecular weight is 412 g/mol. The fourth-order valence-electron chi connectivity index (χ4n) is 2.67. The molecule has 5 nitrogen and oxygen atoms in total.